The molecular weight excluding hydrogens is 289 g/mol. The number of hydrogen-bond acceptors (Lipinski definition) is 3. The fourth-order valence-electron chi connectivity index (χ4n) is 2.15. The second kappa shape index (κ2) is 8.05. The van der Waals surface area contributed by atoms with E-state index in [-0.39, 0.29) is 23.0 Å². The second-order valence-electron chi connectivity index (χ2n) is 4.88. The number of carbonyl (C=O) groups excluding carboxylic acids is 1. The van der Waals surface area contributed by atoms with E-state index < -0.39 is 5.82 Å². The summed E-state index contributed by atoms with van der Waals surface area (Å²) in [6.45, 7) is 5.80. The maximum absolute atomic E-state index is 14.2. The van der Waals surface area contributed by atoms with Gasteiger partial charge in [-0.1, -0.05) is 24.4 Å². The Kier molecular flexibility index (Phi) is 6.71. The van der Waals surface area contributed by atoms with Crippen molar-refractivity contribution < 1.29 is 9.18 Å². The number of carbonyl (C=O) groups is 1. The van der Waals surface area contributed by atoms with E-state index in [0.29, 0.717) is 25.2 Å². The van der Waals surface area contributed by atoms with Crippen LogP contribution in [0, 0.1) is 5.82 Å². The lowest BCUT2D eigenvalue weighted by molar-refractivity contribution is -0.131. The highest BCUT2D eigenvalue weighted by Gasteiger charge is 2.15. The summed E-state index contributed by atoms with van der Waals surface area (Å²) in [5.74, 6) is -0.374. The summed E-state index contributed by atoms with van der Waals surface area (Å²) in [6, 6.07) is 4.95. The molecule has 0 aliphatic rings. The molecule has 21 heavy (non-hydrogen) atoms. The molecule has 1 aromatic carbocycles. The van der Waals surface area contributed by atoms with Gasteiger partial charge < -0.3 is 10.6 Å². The smallest absolute Gasteiger partial charge is 0.236 e. The molecule has 2 N–H and O–H groups in total. The van der Waals surface area contributed by atoms with E-state index in [0.717, 1.165) is 0 Å². The summed E-state index contributed by atoms with van der Waals surface area (Å²) in [4.78, 5) is 15.6. The first-order valence-electron chi connectivity index (χ1n) is 6.94. The van der Waals surface area contributed by atoms with Crippen LogP contribution in [0.25, 0.3) is 0 Å². The van der Waals surface area contributed by atoms with Gasteiger partial charge in [0.1, 0.15) is 10.8 Å². The molecule has 0 spiro atoms. The first-order chi connectivity index (χ1) is 9.90. The van der Waals surface area contributed by atoms with Gasteiger partial charge in [0, 0.05) is 30.8 Å². The molecule has 0 heterocycles. The SMILES string of the molecule is CCN(CC)C(=O)CN(C)Cc1cccc(C(N)=S)c1F. The highest BCUT2D eigenvalue weighted by molar-refractivity contribution is 7.80. The average Bonchev–Trinajstić information content (AvgIpc) is 2.42. The molecule has 0 aliphatic carbocycles. The minimum Gasteiger partial charge on any atom is -0.389 e. The number of amides is 1. The Hall–Kier alpha value is -1.53. The van der Waals surface area contributed by atoms with Gasteiger partial charge in [-0.2, -0.15) is 0 Å². The lowest BCUT2D eigenvalue weighted by atomic mass is 10.1. The summed E-state index contributed by atoms with van der Waals surface area (Å²) >= 11 is 4.82. The normalized spacial score (nSPS) is 10.7. The Morgan fingerprint density at radius 1 is 1.33 bits per heavy atom. The molecule has 0 unspecified atom stereocenters. The van der Waals surface area contributed by atoms with E-state index in [4.69, 9.17) is 18.0 Å². The maximum Gasteiger partial charge on any atom is 0.236 e. The van der Waals surface area contributed by atoms with Crippen LogP contribution in [0.2, 0.25) is 0 Å². The van der Waals surface area contributed by atoms with Crippen molar-refractivity contribution in [3.05, 3.63) is 35.1 Å². The number of nitrogens with two attached hydrogens (primary N) is 1. The van der Waals surface area contributed by atoms with Crippen LogP contribution in [0.5, 0.6) is 0 Å². The standard InChI is InChI=1S/C15H22FN3OS/c1-4-19(5-2)13(20)10-18(3)9-11-7-6-8-12(14(11)16)15(17)21/h6-8H,4-5,9-10H2,1-3H3,(H2,17,21). The summed E-state index contributed by atoms with van der Waals surface area (Å²) in [5, 5.41) is 0. The van der Waals surface area contributed by atoms with Gasteiger partial charge in [0.05, 0.1) is 6.54 Å². The predicted molar refractivity (Wildman–Crippen MR) is 86.5 cm³/mol. The lowest BCUT2D eigenvalue weighted by Crippen LogP contribution is -2.38. The molecule has 116 valence electrons. The molecule has 0 fully saturated rings. The molecule has 0 saturated carbocycles. The number of benzene rings is 1. The minimum atomic E-state index is -0.410. The van der Waals surface area contributed by atoms with Gasteiger partial charge in [0.25, 0.3) is 0 Å². The van der Waals surface area contributed by atoms with E-state index in [2.05, 4.69) is 0 Å². The quantitative estimate of drug-likeness (QED) is 0.780. The third-order valence-corrected chi connectivity index (χ3v) is 3.53. The van der Waals surface area contributed by atoms with Crippen molar-refractivity contribution in [2.45, 2.75) is 20.4 Å². The molecule has 0 aromatic heterocycles. The molecule has 6 heteroatoms. The van der Waals surface area contributed by atoms with Gasteiger partial charge in [-0.3, -0.25) is 9.69 Å². The first kappa shape index (κ1) is 17.5. The van der Waals surface area contributed by atoms with Crippen LogP contribution < -0.4 is 5.73 Å². The van der Waals surface area contributed by atoms with Crippen LogP contribution in [0.3, 0.4) is 0 Å². The molecule has 1 amide bonds. The topological polar surface area (TPSA) is 49.6 Å². The van der Waals surface area contributed by atoms with Crippen molar-refractivity contribution >= 4 is 23.1 Å². The third-order valence-electron chi connectivity index (χ3n) is 3.31. The Labute approximate surface area is 130 Å². The number of rotatable bonds is 7. The van der Waals surface area contributed by atoms with Gasteiger partial charge in [-0.25, -0.2) is 4.39 Å². The van der Waals surface area contributed by atoms with Crippen molar-refractivity contribution in [3.8, 4) is 0 Å². The van der Waals surface area contributed by atoms with Crippen molar-refractivity contribution in [1.29, 1.82) is 0 Å². The van der Waals surface area contributed by atoms with Crippen molar-refractivity contribution in [2.24, 2.45) is 5.73 Å². The average molecular weight is 311 g/mol. The summed E-state index contributed by atoms with van der Waals surface area (Å²) in [5.41, 5.74) is 6.21. The Morgan fingerprint density at radius 2 is 1.95 bits per heavy atom. The number of halogens is 1. The van der Waals surface area contributed by atoms with E-state index in [1.807, 2.05) is 13.8 Å². The third kappa shape index (κ3) is 4.75. The zero-order valence-corrected chi connectivity index (χ0v) is 13.5. The second-order valence-corrected chi connectivity index (χ2v) is 5.32. The van der Waals surface area contributed by atoms with E-state index in [1.165, 1.54) is 0 Å². The highest BCUT2D eigenvalue weighted by Crippen LogP contribution is 2.14. The van der Waals surface area contributed by atoms with E-state index in [1.54, 1.807) is 35.0 Å². The van der Waals surface area contributed by atoms with Crippen LogP contribution in [0.1, 0.15) is 25.0 Å². The Bertz CT molecular complexity index is 518. The first-order valence-corrected chi connectivity index (χ1v) is 7.35. The molecule has 0 aliphatic heterocycles. The van der Waals surface area contributed by atoms with Crippen LogP contribution in [0.4, 0.5) is 4.39 Å². The number of likely N-dealkylation sites (N-methyl/N-ethyl adjacent to an activating group) is 2. The fourth-order valence-corrected chi connectivity index (χ4v) is 2.30. The van der Waals surface area contributed by atoms with Gasteiger partial charge in [0.2, 0.25) is 5.91 Å². The monoisotopic (exact) mass is 311 g/mol. The molecule has 1 rings (SSSR count). The van der Waals surface area contributed by atoms with E-state index in [9.17, 15) is 9.18 Å². The summed E-state index contributed by atoms with van der Waals surface area (Å²) in [7, 11) is 1.79. The molecule has 4 nitrogen and oxygen atoms in total. The Morgan fingerprint density at radius 3 is 2.48 bits per heavy atom. The van der Waals surface area contributed by atoms with Gasteiger partial charge in [-0.05, 0) is 27.0 Å². The van der Waals surface area contributed by atoms with Crippen LogP contribution >= 0.6 is 12.2 Å². The molecular formula is C15H22FN3OS. The largest absolute Gasteiger partial charge is 0.389 e. The maximum atomic E-state index is 14.2. The summed E-state index contributed by atoms with van der Waals surface area (Å²) in [6.07, 6.45) is 0. The number of nitrogens with zero attached hydrogens (tertiary/aromatic N) is 2. The predicted octanol–water partition coefficient (Wildman–Crippen LogP) is 1.76. The van der Waals surface area contributed by atoms with Crippen LogP contribution in [-0.2, 0) is 11.3 Å². The zero-order chi connectivity index (χ0) is 16.0. The zero-order valence-electron chi connectivity index (χ0n) is 12.7. The van der Waals surface area contributed by atoms with Crippen LogP contribution in [0.15, 0.2) is 18.2 Å². The summed E-state index contributed by atoms with van der Waals surface area (Å²) < 4.78 is 14.2. The van der Waals surface area contributed by atoms with Crippen molar-refractivity contribution in [3.63, 3.8) is 0 Å². The fraction of sp³-hybridized carbons (Fsp3) is 0.467. The molecule has 0 bridgehead atoms. The van der Waals surface area contributed by atoms with Gasteiger partial charge >= 0.3 is 0 Å². The molecule has 0 atom stereocenters. The van der Waals surface area contributed by atoms with Crippen LogP contribution in [-0.4, -0.2) is 47.4 Å². The van der Waals surface area contributed by atoms with Crippen molar-refractivity contribution in [1.82, 2.24) is 9.80 Å². The Balaban J connectivity index is 2.75. The molecule has 0 radical (unpaired) electrons. The molecule has 1 aromatic rings. The highest BCUT2D eigenvalue weighted by atomic mass is 32.1. The van der Waals surface area contributed by atoms with Gasteiger partial charge in [-0.15, -0.1) is 0 Å². The van der Waals surface area contributed by atoms with E-state index >= 15 is 0 Å². The number of hydrogen-bond donors (Lipinski definition) is 1. The van der Waals surface area contributed by atoms with Gasteiger partial charge in [0.15, 0.2) is 0 Å². The van der Waals surface area contributed by atoms with Crippen molar-refractivity contribution in [2.75, 3.05) is 26.7 Å². The number of thiocarbonyl (C=S) groups is 1. The minimum absolute atomic E-state index is 0.0356. The molecule has 0 saturated heterocycles. The lowest BCUT2D eigenvalue weighted by Gasteiger charge is -2.23.